The number of amides is 1. The zero-order valence-corrected chi connectivity index (χ0v) is 18.6. The first-order valence-corrected chi connectivity index (χ1v) is 10.6. The average molecular weight is 458 g/mol. The Bertz CT molecular complexity index is 1340. The number of methoxy groups -OCH3 is 1. The first kappa shape index (κ1) is 21.5. The minimum absolute atomic E-state index is 0.168. The number of fused-ring (bicyclic) bond motifs is 1. The van der Waals surface area contributed by atoms with Gasteiger partial charge in [-0.3, -0.25) is 10.1 Å². The van der Waals surface area contributed by atoms with Crippen LogP contribution in [0.5, 0.6) is 11.5 Å². The molecule has 10 nitrogen and oxygen atoms in total. The molecule has 2 aromatic heterocycles. The van der Waals surface area contributed by atoms with Gasteiger partial charge in [0.1, 0.15) is 30.2 Å². The van der Waals surface area contributed by atoms with Gasteiger partial charge >= 0.3 is 0 Å². The van der Waals surface area contributed by atoms with Gasteiger partial charge in [0.05, 0.1) is 19.2 Å². The van der Waals surface area contributed by atoms with Crippen molar-refractivity contribution in [3.8, 4) is 11.5 Å². The number of benzene rings is 2. The number of hydrogen-bond donors (Lipinski definition) is 2. The number of ether oxygens (including phenoxy) is 3. The summed E-state index contributed by atoms with van der Waals surface area (Å²) in [6, 6.07) is 14.1. The van der Waals surface area contributed by atoms with Crippen LogP contribution in [-0.4, -0.2) is 51.8 Å². The van der Waals surface area contributed by atoms with E-state index in [0.717, 1.165) is 0 Å². The smallest absolute Gasteiger partial charge is 0.258 e. The Balaban J connectivity index is 1.38. The number of carbonyl (C=O) groups is 1. The van der Waals surface area contributed by atoms with E-state index in [2.05, 4.69) is 30.6 Å². The first-order valence-electron chi connectivity index (χ1n) is 10.6. The van der Waals surface area contributed by atoms with Crippen molar-refractivity contribution >= 4 is 34.4 Å². The van der Waals surface area contributed by atoms with E-state index in [1.807, 2.05) is 19.1 Å². The Labute approximate surface area is 195 Å². The lowest BCUT2D eigenvalue weighted by molar-refractivity contribution is 0.102. The maximum Gasteiger partial charge on any atom is 0.258 e. The van der Waals surface area contributed by atoms with E-state index < -0.39 is 0 Å². The van der Waals surface area contributed by atoms with E-state index in [1.165, 1.54) is 6.33 Å². The molecule has 5 rings (SSSR count). The minimum atomic E-state index is -0.298. The summed E-state index contributed by atoms with van der Waals surface area (Å²) in [7, 11) is 1.58. The highest BCUT2D eigenvalue weighted by atomic mass is 16.6. The van der Waals surface area contributed by atoms with Crippen LogP contribution in [0.1, 0.15) is 17.3 Å². The molecule has 1 fully saturated rings. The molecule has 1 amide bonds. The number of anilines is 3. The van der Waals surface area contributed by atoms with E-state index in [1.54, 1.807) is 49.7 Å². The highest BCUT2D eigenvalue weighted by molar-refractivity contribution is 6.03. The molecule has 1 saturated heterocycles. The highest BCUT2D eigenvalue weighted by Gasteiger charge is 2.40. The topological polar surface area (TPSA) is 124 Å². The third-order valence-corrected chi connectivity index (χ3v) is 5.25. The summed E-state index contributed by atoms with van der Waals surface area (Å²) in [5.74, 6) is 1.97. The third kappa shape index (κ3) is 4.71. The molecule has 1 aliphatic rings. The van der Waals surface area contributed by atoms with Gasteiger partial charge in [0.25, 0.3) is 5.91 Å². The molecule has 1 atom stereocenters. The molecule has 34 heavy (non-hydrogen) atoms. The lowest BCUT2D eigenvalue weighted by Crippen LogP contribution is -2.17. The zero-order valence-electron chi connectivity index (χ0n) is 18.6. The fourth-order valence-electron chi connectivity index (χ4n) is 3.25. The normalized spacial score (nSPS) is 16.6. The van der Waals surface area contributed by atoms with Gasteiger partial charge in [0, 0.05) is 23.2 Å². The lowest BCUT2D eigenvalue weighted by atomic mass is 10.2. The van der Waals surface area contributed by atoms with Crippen molar-refractivity contribution in [1.82, 2.24) is 19.9 Å². The van der Waals surface area contributed by atoms with Crippen molar-refractivity contribution in [3.63, 3.8) is 0 Å². The van der Waals surface area contributed by atoms with Gasteiger partial charge in [0.15, 0.2) is 11.5 Å². The molecular weight excluding hydrogens is 436 g/mol. The van der Waals surface area contributed by atoms with Gasteiger partial charge in [-0.2, -0.15) is 4.98 Å². The monoisotopic (exact) mass is 458 g/mol. The second kappa shape index (κ2) is 8.91. The fraction of sp³-hybridized carbons (Fsp3) is 0.208. The number of rotatable bonds is 8. The Morgan fingerprint density at radius 2 is 1.94 bits per heavy atom. The summed E-state index contributed by atoms with van der Waals surface area (Å²) in [6.45, 7) is 3.08. The molecule has 0 spiro atoms. The van der Waals surface area contributed by atoms with Gasteiger partial charge in [-0.05, 0) is 31.2 Å². The number of epoxide rings is 1. The second-order valence-electron chi connectivity index (χ2n) is 7.98. The molecule has 0 radical (unpaired) electrons. The molecule has 0 bridgehead atoms. The number of carbonyl (C=O) groups excluding carboxylic acids is 1. The number of nitrogens with one attached hydrogen (secondary N) is 2. The van der Waals surface area contributed by atoms with E-state index >= 15 is 0 Å². The Hall–Kier alpha value is -4.31. The molecule has 2 N–H and O–H groups in total. The molecule has 10 heteroatoms. The van der Waals surface area contributed by atoms with Crippen LogP contribution < -0.4 is 20.1 Å². The molecule has 4 aromatic rings. The maximum atomic E-state index is 12.4. The summed E-state index contributed by atoms with van der Waals surface area (Å²) in [4.78, 5) is 29.6. The highest BCUT2D eigenvalue weighted by Crippen LogP contribution is 2.36. The molecule has 0 aliphatic carbocycles. The Morgan fingerprint density at radius 3 is 2.71 bits per heavy atom. The zero-order chi connectivity index (χ0) is 23.5. The predicted molar refractivity (Wildman–Crippen MR) is 126 cm³/mol. The predicted octanol–water partition coefficient (Wildman–Crippen LogP) is 3.59. The van der Waals surface area contributed by atoms with Gasteiger partial charge < -0.3 is 19.5 Å². The van der Waals surface area contributed by atoms with Crippen LogP contribution in [-0.2, 0) is 4.74 Å². The summed E-state index contributed by atoms with van der Waals surface area (Å²) in [5, 5.41) is 6.58. The van der Waals surface area contributed by atoms with Crippen LogP contribution in [0, 0.1) is 0 Å². The SMILES string of the molecule is COc1cc2c(Nc3ccnc(NC(=O)c4ccccc4)n3)ncnc2cc1OC[C@]1(C)CO1. The van der Waals surface area contributed by atoms with E-state index in [9.17, 15) is 4.79 Å². The maximum absolute atomic E-state index is 12.4. The fourth-order valence-corrected chi connectivity index (χ4v) is 3.25. The average Bonchev–Trinajstić information content (AvgIpc) is 3.60. The number of hydrogen-bond acceptors (Lipinski definition) is 9. The Kier molecular flexibility index (Phi) is 5.64. The van der Waals surface area contributed by atoms with Crippen LogP contribution in [0.2, 0.25) is 0 Å². The van der Waals surface area contributed by atoms with Crippen LogP contribution in [0.4, 0.5) is 17.6 Å². The molecule has 3 heterocycles. The quantitative estimate of drug-likeness (QED) is 0.381. The third-order valence-electron chi connectivity index (χ3n) is 5.25. The molecule has 1 aliphatic heterocycles. The lowest BCUT2D eigenvalue weighted by Gasteiger charge is -2.14. The standard InChI is InChI=1S/C24H22N6O4/c1-24(13-34-24)12-33-19-11-17-16(10-18(19)32-2)21(27-14-26-17)28-20-8-9-25-23(29-20)30-22(31)15-6-4-3-5-7-15/h3-11,14H,12-13H2,1-2H3,(H2,25,26,27,28,29,30,31)/t24-/m1/s1. The Morgan fingerprint density at radius 1 is 1.12 bits per heavy atom. The van der Waals surface area contributed by atoms with Crippen LogP contribution in [0.25, 0.3) is 10.9 Å². The summed E-state index contributed by atoms with van der Waals surface area (Å²) >= 11 is 0. The summed E-state index contributed by atoms with van der Waals surface area (Å²) in [5.41, 5.74) is 0.930. The first-order chi connectivity index (χ1) is 16.5. The number of nitrogens with zero attached hydrogens (tertiary/aromatic N) is 4. The molecule has 2 aromatic carbocycles. The van der Waals surface area contributed by atoms with Crippen molar-refractivity contribution < 1.29 is 19.0 Å². The van der Waals surface area contributed by atoms with Crippen molar-refractivity contribution in [2.24, 2.45) is 0 Å². The molecular formula is C24H22N6O4. The van der Waals surface area contributed by atoms with Gasteiger partial charge in [-0.25, -0.2) is 15.0 Å². The minimum Gasteiger partial charge on any atom is -0.493 e. The summed E-state index contributed by atoms with van der Waals surface area (Å²) < 4.78 is 16.8. The largest absolute Gasteiger partial charge is 0.493 e. The van der Waals surface area contributed by atoms with Crippen molar-refractivity contribution in [1.29, 1.82) is 0 Å². The van der Waals surface area contributed by atoms with E-state index in [4.69, 9.17) is 14.2 Å². The van der Waals surface area contributed by atoms with E-state index in [-0.39, 0.29) is 17.5 Å². The molecule has 0 unspecified atom stereocenters. The van der Waals surface area contributed by atoms with Crippen molar-refractivity contribution in [2.45, 2.75) is 12.5 Å². The summed E-state index contributed by atoms with van der Waals surface area (Å²) in [6.07, 6.45) is 3.00. The van der Waals surface area contributed by atoms with Gasteiger partial charge in [-0.15, -0.1) is 0 Å². The second-order valence-corrected chi connectivity index (χ2v) is 7.98. The van der Waals surface area contributed by atoms with Crippen LogP contribution in [0.3, 0.4) is 0 Å². The molecule has 0 saturated carbocycles. The van der Waals surface area contributed by atoms with Gasteiger partial charge in [0.2, 0.25) is 5.95 Å². The van der Waals surface area contributed by atoms with Crippen molar-refractivity contribution in [3.05, 3.63) is 66.6 Å². The molecule has 172 valence electrons. The number of aromatic nitrogens is 4. The van der Waals surface area contributed by atoms with Gasteiger partial charge in [-0.1, -0.05) is 18.2 Å². The van der Waals surface area contributed by atoms with Crippen LogP contribution in [0.15, 0.2) is 61.1 Å². The van der Waals surface area contributed by atoms with Crippen molar-refractivity contribution in [2.75, 3.05) is 31.0 Å². The van der Waals surface area contributed by atoms with E-state index in [0.29, 0.717) is 52.8 Å². The van der Waals surface area contributed by atoms with Crippen LogP contribution >= 0.6 is 0 Å².